The Labute approximate surface area is 89.1 Å². The molecule has 78 valence electrons. The molecule has 0 aliphatic heterocycles. The van der Waals surface area contributed by atoms with Crippen LogP contribution < -0.4 is 5.32 Å². The highest BCUT2D eigenvalue weighted by Gasteiger charge is 2.04. The zero-order chi connectivity index (χ0) is 10.4. The van der Waals surface area contributed by atoms with Crippen LogP contribution in [0.1, 0.15) is 19.8 Å². The van der Waals surface area contributed by atoms with Gasteiger partial charge in [-0.2, -0.15) is 0 Å². The van der Waals surface area contributed by atoms with Crippen molar-refractivity contribution >= 4 is 17.4 Å². The molecule has 4 heteroatoms. The molecule has 1 rings (SSSR count). The number of pyridine rings is 1. The van der Waals surface area contributed by atoms with Crippen LogP contribution in [0.3, 0.4) is 0 Å². The van der Waals surface area contributed by atoms with Crippen molar-refractivity contribution in [2.75, 3.05) is 11.9 Å². The number of halogens is 1. The maximum atomic E-state index is 9.47. The lowest BCUT2D eigenvalue weighted by molar-refractivity contribution is 0.176. The Morgan fingerprint density at radius 2 is 2.43 bits per heavy atom. The lowest BCUT2D eigenvalue weighted by Crippen LogP contribution is -2.19. The highest BCUT2D eigenvalue weighted by Crippen LogP contribution is 2.17. The summed E-state index contributed by atoms with van der Waals surface area (Å²) in [4.78, 5) is 4.06. The molecule has 0 saturated heterocycles. The van der Waals surface area contributed by atoms with Crippen molar-refractivity contribution in [2.24, 2.45) is 0 Å². The van der Waals surface area contributed by atoms with Crippen molar-refractivity contribution in [1.82, 2.24) is 4.98 Å². The predicted molar refractivity (Wildman–Crippen MR) is 58.7 cm³/mol. The third-order valence-corrected chi connectivity index (χ3v) is 2.19. The van der Waals surface area contributed by atoms with Gasteiger partial charge in [-0.05, 0) is 18.6 Å². The van der Waals surface area contributed by atoms with Gasteiger partial charge in [-0.1, -0.05) is 24.9 Å². The Morgan fingerprint density at radius 1 is 1.64 bits per heavy atom. The molecule has 2 N–H and O–H groups in total. The maximum Gasteiger partial charge on any atom is 0.144 e. The fourth-order valence-corrected chi connectivity index (χ4v) is 1.35. The largest absolute Gasteiger partial charge is 0.391 e. The quantitative estimate of drug-likeness (QED) is 0.791. The topological polar surface area (TPSA) is 45.1 Å². The zero-order valence-electron chi connectivity index (χ0n) is 8.20. The van der Waals surface area contributed by atoms with Crippen molar-refractivity contribution in [3.8, 4) is 0 Å². The average Bonchev–Trinajstić information content (AvgIpc) is 2.17. The Kier molecular flexibility index (Phi) is 4.70. The molecule has 0 saturated carbocycles. The fourth-order valence-electron chi connectivity index (χ4n) is 1.17. The van der Waals surface area contributed by atoms with Crippen molar-refractivity contribution in [3.05, 3.63) is 23.4 Å². The van der Waals surface area contributed by atoms with Gasteiger partial charge in [-0.15, -0.1) is 0 Å². The third kappa shape index (κ3) is 3.52. The van der Waals surface area contributed by atoms with Crippen LogP contribution in [0.5, 0.6) is 0 Å². The molecule has 1 atom stereocenters. The molecule has 1 aromatic rings. The van der Waals surface area contributed by atoms with Crippen LogP contribution >= 0.6 is 11.6 Å². The van der Waals surface area contributed by atoms with Crippen LogP contribution in [-0.2, 0) is 0 Å². The van der Waals surface area contributed by atoms with E-state index in [2.05, 4.69) is 10.3 Å². The van der Waals surface area contributed by atoms with Crippen LogP contribution in [-0.4, -0.2) is 22.7 Å². The van der Waals surface area contributed by atoms with Gasteiger partial charge < -0.3 is 10.4 Å². The summed E-state index contributed by atoms with van der Waals surface area (Å²) >= 11 is 5.88. The molecule has 1 aromatic heterocycles. The molecule has 0 amide bonds. The zero-order valence-corrected chi connectivity index (χ0v) is 8.96. The summed E-state index contributed by atoms with van der Waals surface area (Å²) in [6, 6.07) is 3.54. The van der Waals surface area contributed by atoms with Crippen LogP contribution in [0.25, 0.3) is 0 Å². The van der Waals surface area contributed by atoms with Gasteiger partial charge in [0, 0.05) is 12.7 Å². The maximum absolute atomic E-state index is 9.47. The van der Waals surface area contributed by atoms with E-state index in [-0.39, 0.29) is 6.10 Å². The van der Waals surface area contributed by atoms with Crippen LogP contribution in [0.4, 0.5) is 5.82 Å². The lowest BCUT2D eigenvalue weighted by Gasteiger charge is -2.11. The van der Waals surface area contributed by atoms with Gasteiger partial charge in [-0.25, -0.2) is 4.98 Å². The normalized spacial score (nSPS) is 12.5. The Hall–Kier alpha value is -0.800. The summed E-state index contributed by atoms with van der Waals surface area (Å²) in [6.45, 7) is 2.53. The number of anilines is 1. The second kappa shape index (κ2) is 5.83. The van der Waals surface area contributed by atoms with Gasteiger partial charge in [0.25, 0.3) is 0 Å². The SMILES string of the molecule is CCCC(O)CNc1ncccc1Cl. The number of nitrogens with one attached hydrogen (secondary N) is 1. The minimum Gasteiger partial charge on any atom is -0.391 e. The van der Waals surface area contributed by atoms with E-state index < -0.39 is 0 Å². The van der Waals surface area contributed by atoms with E-state index in [0.29, 0.717) is 17.4 Å². The third-order valence-electron chi connectivity index (χ3n) is 1.89. The van der Waals surface area contributed by atoms with Gasteiger partial charge in [-0.3, -0.25) is 0 Å². The van der Waals surface area contributed by atoms with Gasteiger partial charge in [0.2, 0.25) is 0 Å². The second-order valence-corrected chi connectivity index (χ2v) is 3.56. The van der Waals surface area contributed by atoms with E-state index in [1.54, 1.807) is 18.3 Å². The first-order chi connectivity index (χ1) is 6.74. The summed E-state index contributed by atoms with van der Waals surface area (Å²) in [5.74, 6) is 0.629. The van der Waals surface area contributed by atoms with E-state index >= 15 is 0 Å². The molecule has 0 fully saturated rings. The minimum atomic E-state index is -0.335. The number of rotatable bonds is 5. The van der Waals surface area contributed by atoms with Gasteiger partial charge >= 0.3 is 0 Å². The number of hydrogen-bond donors (Lipinski definition) is 2. The summed E-state index contributed by atoms with van der Waals surface area (Å²) < 4.78 is 0. The Bertz CT molecular complexity index is 281. The standard InChI is InChI=1S/C10H15ClN2O/c1-2-4-8(14)7-13-10-9(11)5-3-6-12-10/h3,5-6,8,14H,2,4,7H2,1H3,(H,12,13). The van der Waals surface area contributed by atoms with Gasteiger partial charge in [0.15, 0.2) is 0 Å². The van der Waals surface area contributed by atoms with E-state index in [1.165, 1.54) is 0 Å². The first kappa shape index (κ1) is 11.3. The highest BCUT2D eigenvalue weighted by molar-refractivity contribution is 6.32. The number of hydrogen-bond acceptors (Lipinski definition) is 3. The van der Waals surface area contributed by atoms with E-state index in [4.69, 9.17) is 11.6 Å². The Morgan fingerprint density at radius 3 is 3.07 bits per heavy atom. The molecule has 0 spiro atoms. The van der Waals surface area contributed by atoms with Crippen molar-refractivity contribution < 1.29 is 5.11 Å². The summed E-state index contributed by atoms with van der Waals surface area (Å²) in [6.07, 6.45) is 3.09. The number of aromatic nitrogens is 1. The molecular formula is C10H15ClN2O. The van der Waals surface area contributed by atoms with Crippen LogP contribution in [0, 0.1) is 0 Å². The minimum absolute atomic E-state index is 0.335. The van der Waals surface area contributed by atoms with Crippen LogP contribution in [0.15, 0.2) is 18.3 Å². The molecule has 0 bridgehead atoms. The van der Waals surface area contributed by atoms with Crippen LogP contribution in [0.2, 0.25) is 5.02 Å². The number of aliphatic hydroxyl groups is 1. The predicted octanol–water partition coefficient (Wildman–Crippen LogP) is 2.31. The molecule has 1 unspecified atom stereocenters. The lowest BCUT2D eigenvalue weighted by atomic mass is 10.2. The molecular weight excluding hydrogens is 200 g/mol. The Balaban J connectivity index is 2.41. The monoisotopic (exact) mass is 214 g/mol. The summed E-state index contributed by atoms with van der Waals surface area (Å²) in [7, 11) is 0. The van der Waals surface area contributed by atoms with Gasteiger partial charge in [0.05, 0.1) is 11.1 Å². The van der Waals surface area contributed by atoms with E-state index in [0.717, 1.165) is 12.8 Å². The number of aliphatic hydroxyl groups excluding tert-OH is 1. The molecule has 0 aromatic carbocycles. The summed E-state index contributed by atoms with van der Waals surface area (Å²) in [5.41, 5.74) is 0. The molecule has 0 aliphatic rings. The molecule has 0 radical (unpaired) electrons. The van der Waals surface area contributed by atoms with Crippen molar-refractivity contribution in [1.29, 1.82) is 0 Å². The smallest absolute Gasteiger partial charge is 0.144 e. The van der Waals surface area contributed by atoms with E-state index in [9.17, 15) is 5.11 Å². The molecule has 0 aliphatic carbocycles. The first-order valence-electron chi connectivity index (χ1n) is 4.76. The van der Waals surface area contributed by atoms with Crippen molar-refractivity contribution in [2.45, 2.75) is 25.9 Å². The summed E-state index contributed by atoms with van der Waals surface area (Å²) in [5, 5.41) is 13.1. The average molecular weight is 215 g/mol. The molecule has 1 heterocycles. The first-order valence-corrected chi connectivity index (χ1v) is 5.14. The second-order valence-electron chi connectivity index (χ2n) is 3.16. The van der Waals surface area contributed by atoms with Crippen molar-refractivity contribution in [3.63, 3.8) is 0 Å². The fraction of sp³-hybridized carbons (Fsp3) is 0.500. The molecule has 3 nitrogen and oxygen atoms in total. The van der Waals surface area contributed by atoms with Gasteiger partial charge in [0.1, 0.15) is 5.82 Å². The highest BCUT2D eigenvalue weighted by atomic mass is 35.5. The molecule has 14 heavy (non-hydrogen) atoms. The van der Waals surface area contributed by atoms with E-state index in [1.807, 2.05) is 6.92 Å². The number of nitrogens with zero attached hydrogens (tertiary/aromatic N) is 1.